The Labute approximate surface area is 191 Å². The predicted octanol–water partition coefficient (Wildman–Crippen LogP) is 4.60. The van der Waals surface area contributed by atoms with E-state index in [9.17, 15) is 14.4 Å². The first-order chi connectivity index (χ1) is 15.6. The summed E-state index contributed by atoms with van der Waals surface area (Å²) >= 11 is 0. The van der Waals surface area contributed by atoms with Gasteiger partial charge < -0.3 is 19.2 Å². The smallest absolute Gasteiger partial charge is 0.340 e. The van der Waals surface area contributed by atoms with Crippen LogP contribution in [0.2, 0.25) is 0 Å². The van der Waals surface area contributed by atoms with Crippen LogP contribution in [0, 0.1) is 6.92 Å². The van der Waals surface area contributed by atoms with E-state index in [0.717, 1.165) is 12.0 Å². The van der Waals surface area contributed by atoms with E-state index in [4.69, 9.17) is 13.9 Å². The maximum atomic E-state index is 12.9. The van der Waals surface area contributed by atoms with Crippen molar-refractivity contribution in [3.05, 3.63) is 63.0 Å². The van der Waals surface area contributed by atoms with Gasteiger partial charge in [0.2, 0.25) is 5.91 Å². The molecule has 0 saturated heterocycles. The number of aryl methyl sites for hydroxylation is 2. The maximum absolute atomic E-state index is 12.9. The molecule has 33 heavy (non-hydrogen) atoms. The van der Waals surface area contributed by atoms with Crippen molar-refractivity contribution in [2.45, 2.75) is 52.6 Å². The highest BCUT2D eigenvalue weighted by Gasteiger charge is 2.31. The summed E-state index contributed by atoms with van der Waals surface area (Å²) < 4.78 is 17.5. The molecule has 0 fully saturated rings. The van der Waals surface area contributed by atoms with Gasteiger partial charge in [0.05, 0.1) is 24.5 Å². The number of benzene rings is 2. The van der Waals surface area contributed by atoms with Gasteiger partial charge in [-0.1, -0.05) is 12.1 Å². The van der Waals surface area contributed by atoms with E-state index in [1.54, 1.807) is 38.3 Å². The molecule has 4 rings (SSSR count). The highest BCUT2D eigenvalue weighted by atomic mass is 16.5. The van der Waals surface area contributed by atoms with E-state index >= 15 is 0 Å². The van der Waals surface area contributed by atoms with E-state index in [2.05, 4.69) is 5.32 Å². The summed E-state index contributed by atoms with van der Waals surface area (Å²) in [6.07, 6.45) is 1.32. The Morgan fingerprint density at radius 3 is 2.67 bits per heavy atom. The zero-order valence-corrected chi connectivity index (χ0v) is 19.5. The van der Waals surface area contributed by atoms with Crippen LogP contribution in [0.3, 0.4) is 0 Å². The summed E-state index contributed by atoms with van der Waals surface area (Å²) in [5, 5.41) is 3.42. The third-order valence-electron chi connectivity index (χ3n) is 6.05. The molecule has 1 aliphatic rings. The van der Waals surface area contributed by atoms with E-state index < -0.39 is 5.63 Å². The number of carbonyl (C=O) groups is 2. The summed E-state index contributed by atoms with van der Waals surface area (Å²) in [4.78, 5) is 37.3. The number of fused-ring (bicyclic) bond motifs is 3. The molecule has 0 unspecified atom stereocenters. The van der Waals surface area contributed by atoms with Gasteiger partial charge in [0.1, 0.15) is 22.7 Å². The third-order valence-corrected chi connectivity index (χ3v) is 6.05. The van der Waals surface area contributed by atoms with Crippen molar-refractivity contribution in [2.75, 3.05) is 12.4 Å². The number of ether oxygens (including phenoxy) is 2. The highest BCUT2D eigenvalue weighted by molar-refractivity contribution is 5.98. The number of methoxy groups -OCH3 is 1. The number of carbonyl (C=O) groups excluding carboxylic acids is 2. The van der Waals surface area contributed by atoms with Crippen LogP contribution in [0.15, 0.2) is 39.5 Å². The minimum atomic E-state index is -0.562. The molecule has 0 saturated carbocycles. The van der Waals surface area contributed by atoms with Crippen molar-refractivity contribution in [1.82, 2.24) is 0 Å². The summed E-state index contributed by atoms with van der Waals surface area (Å²) in [6, 6.07) is 8.49. The fourth-order valence-electron chi connectivity index (χ4n) is 4.23. The topological polar surface area (TPSA) is 94.8 Å². The molecule has 3 aromatic rings. The van der Waals surface area contributed by atoms with Crippen molar-refractivity contribution in [3.63, 3.8) is 0 Å². The average Bonchev–Trinajstić information content (AvgIpc) is 2.75. The zero-order valence-electron chi connectivity index (χ0n) is 19.5. The van der Waals surface area contributed by atoms with Crippen LogP contribution in [-0.2, 0) is 17.6 Å². The lowest BCUT2D eigenvalue weighted by atomic mass is 9.91. The lowest BCUT2D eigenvalue weighted by Gasteiger charge is -2.33. The van der Waals surface area contributed by atoms with Gasteiger partial charge in [-0.3, -0.25) is 9.59 Å². The second kappa shape index (κ2) is 8.39. The van der Waals surface area contributed by atoms with Crippen molar-refractivity contribution >= 4 is 28.3 Å². The van der Waals surface area contributed by atoms with Crippen molar-refractivity contribution in [1.29, 1.82) is 0 Å². The standard InChI is InChI=1S/C26H27NO6/c1-14-19(12-22(29)27-17-8-6-7-16(11-17)15(2)28)25(30)32-24-18-9-10-26(3,4)33-20(18)13-21(31-5)23(14)24/h6-8,11,13H,9-10,12H2,1-5H3,(H,27,29). The number of anilines is 1. The monoisotopic (exact) mass is 449 g/mol. The van der Waals surface area contributed by atoms with Crippen molar-refractivity contribution in [3.8, 4) is 11.5 Å². The van der Waals surface area contributed by atoms with Crippen LogP contribution in [0.4, 0.5) is 5.69 Å². The molecule has 0 aliphatic carbocycles. The van der Waals surface area contributed by atoms with Crippen molar-refractivity contribution < 1.29 is 23.5 Å². The predicted molar refractivity (Wildman–Crippen MR) is 126 cm³/mol. The molecule has 1 aliphatic heterocycles. The quantitative estimate of drug-likeness (QED) is 0.452. The van der Waals surface area contributed by atoms with Crippen LogP contribution in [0.5, 0.6) is 11.5 Å². The molecule has 0 radical (unpaired) electrons. The molecular formula is C26H27NO6. The van der Waals surface area contributed by atoms with E-state index in [-0.39, 0.29) is 29.3 Å². The average molecular weight is 450 g/mol. The first kappa shape index (κ1) is 22.6. The Kier molecular flexibility index (Phi) is 5.74. The summed E-state index contributed by atoms with van der Waals surface area (Å²) in [5.41, 5.74) is 2.28. The van der Waals surface area contributed by atoms with E-state index in [1.807, 2.05) is 19.9 Å². The number of hydrogen-bond donors (Lipinski definition) is 1. The number of amides is 1. The molecule has 0 bridgehead atoms. The second-order valence-electron chi connectivity index (χ2n) is 8.98. The Balaban J connectivity index is 1.72. The number of Topliss-reactive ketones (excluding diaryl/α,β-unsaturated/α-hetero) is 1. The summed E-state index contributed by atoms with van der Waals surface area (Å²) in [6.45, 7) is 7.28. The van der Waals surface area contributed by atoms with Gasteiger partial charge in [-0.15, -0.1) is 0 Å². The first-order valence-corrected chi connectivity index (χ1v) is 10.9. The molecule has 7 heteroatoms. The van der Waals surface area contributed by atoms with Crippen molar-refractivity contribution in [2.24, 2.45) is 0 Å². The lowest BCUT2D eigenvalue weighted by molar-refractivity contribution is -0.115. The molecule has 1 aromatic heterocycles. The molecule has 0 spiro atoms. The maximum Gasteiger partial charge on any atom is 0.340 e. The van der Waals surface area contributed by atoms with Gasteiger partial charge in [0.25, 0.3) is 0 Å². The first-order valence-electron chi connectivity index (χ1n) is 10.9. The fraction of sp³-hybridized carbons (Fsp3) is 0.346. The third kappa shape index (κ3) is 4.35. The Morgan fingerprint density at radius 2 is 1.97 bits per heavy atom. The van der Waals surface area contributed by atoms with Crippen LogP contribution in [0.25, 0.3) is 11.0 Å². The molecule has 7 nitrogen and oxygen atoms in total. The van der Waals surface area contributed by atoms with Crippen LogP contribution in [0.1, 0.15) is 54.2 Å². The highest BCUT2D eigenvalue weighted by Crippen LogP contribution is 2.43. The molecule has 1 amide bonds. The Hall–Kier alpha value is -3.61. The van der Waals surface area contributed by atoms with Crippen LogP contribution < -0.4 is 20.4 Å². The van der Waals surface area contributed by atoms with Crippen LogP contribution in [-0.4, -0.2) is 24.4 Å². The molecule has 2 aromatic carbocycles. The molecule has 172 valence electrons. The molecular weight excluding hydrogens is 422 g/mol. The van der Waals surface area contributed by atoms with E-state index in [1.165, 1.54) is 6.92 Å². The normalized spacial score (nSPS) is 14.3. The SMILES string of the molecule is COc1cc2c(c3oc(=O)c(CC(=O)Nc4cccc(C(C)=O)c4)c(C)c13)CCC(C)(C)O2. The minimum absolute atomic E-state index is 0.0973. The summed E-state index contributed by atoms with van der Waals surface area (Å²) in [7, 11) is 1.55. The van der Waals surface area contributed by atoms with Gasteiger partial charge in [-0.2, -0.15) is 0 Å². The Morgan fingerprint density at radius 1 is 1.21 bits per heavy atom. The molecule has 2 heterocycles. The summed E-state index contributed by atoms with van der Waals surface area (Å²) in [5.74, 6) is 0.694. The lowest BCUT2D eigenvalue weighted by Crippen LogP contribution is -2.32. The van der Waals surface area contributed by atoms with E-state index in [0.29, 0.717) is 45.7 Å². The van der Waals surface area contributed by atoms with Gasteiger partial charge in [-0.05, 0) is 58.2 Å². The second-order valence-corrected chi connectivity index (χ2v) is 8.98. The van der Waals surface area contributed by atoms with Gasteiger partial charge in [0.15, 0.2) is 5.78 Å². The van der Waals surface area contributed by atoms with Gasteiger partial charge >= 0.3 is 5.63 Å². The van der Waals surface area contributed by atoms with Crippen LogP contribution >= 0.6 is 0 Å². The molecule has 0 atom stereocenters. The number of rotatable bonds is 5. The number of ketones is 1. The Bertz CT molecular complexity index is 1330. The largest absolute Gasteiger partial charge is 0.496 e. The number of nitrogens with one attached hydrogen (secondary N) is 1. The molecule has 1 N–H and O–H groups in total. The number of hydrogen-bond acceptors (Lipinski definition) is 6. The zero-order chi connectivity index (χ0) is 23.9. The van der Waals surface area contributed by atoms with Gasteiger partial charge in [-0.25, -0.2) is 4.79 Å². The fourth-order valence-corrected chi connectivity index (χ4v) is 4.23. The van der Waals surface area contributed by atoms with Gasteiger partial charge in [0, 0.05) is 22.9 Å². The minimum Gasteiger partial charge on any atom is -0.496 e.